The lowest BCUT2D eigenvalue weighted by atomic mass is 10.1. The standard InChI is InChI=1S/C12H20N2O2S2/c1-5-17-10-7-6-9(13)8-11(10)18(15,16)14-12(2,3)4/h6-8,14H,5,13H2,1-4H3. The summed E-state index contributed by atoms with van der Waals surface area (Å²) in [5.41, 5.74) is 5.62. The fourth-order valence-corrected chi connectivity index (χ4v) is 4.19. The quantitative estimate of drug-likeness (QED) is 0.659. The van der Waals surface area contributed by atoms with Gasteiger partial charge in [-0.3, -0.25) is 0 Å². The van der Waals surface area contributed by atoms with Crippen LogP contribution in [0.4, 0.5) is 5.69 Å². The first-order valence-electron chi connectivity index (χ1n) is 5.72. The van der Waals surface area contributed by atoms with Crippen LogP contribution in [0.15, 0.2) is 28.0 Å². The molecule has 0 aliphatic heterocycles. The van der Waals surface area contributed by atoms with Crippen molar-refractivity contribution in [1.29, 1.82) is 0 Å². The largest absolute Gasteiger partial charge is 0.399 e. The minimum absolute atomic E-state index is 0.254. The van der Waals surface area contributed by atoms with Gasteiger partial charge in [0.05, 0.1) is 4.90 Å². The molecule has 0 amide bonds. The summed E-state index contributed by atoms with van der Waals surface area (Å²) in [4.78, 5) is 0.979. The molecule has 0 spiro atoms. The molecule has 0 radical (unpaired) electrons. The fourth-order valence-electron chi connectivity index (χ4n) is 1.47. The number of benzene rings is 1. The second-order valence-corrected chi connectivity index (χ2v) is 7.95. The van der Waals surface area contributed by atoms with Crippen molar-refractivity contribution in [1.82, 2.24) is 4.72 Å². The lowest BCUT2D eigenvalue weighted by molar-refractivity contribution is 0.490. The van der Waals surface area contributed by atoms with E-state index in [0.717, 1.165) is 10.6 Å². The van der Waals surface area contributed by atoms with E-state index >= 15 is 0 Å². The number of hydrogen-bond donors (Lipinski definition) is 2. The minimum Gasteiger partial charge on any atom is -0.399 e. The smallest absolute Gasteiger partial charge is 0.242 e. The first-order valence-corrected chi connectivity index (χ1v) is 8.19. The Labute approximate surface area is 113 Å². The summed E-state index contributed by atoms with van der Waals surface area (Å²) >= 11 is 1.49. The second kappa shape index (κ2) is 5.50. The summed E-state index contributed by atoms with van der Waals surface area (Å²) < 4.78 is 27.3. The highest BCUT2D eigenvalue weighted by molar-refractivity contribution is 8.00. The highest BCUT2D eigenvalue weighted by Crippen LogP contribution is 2.28. The van der Waals surface area contributed by atoms with E-state index < -0.39 is 15.6 Å². The molecule has 0 unspecified atom stereocenters. The first-order chi connectivity index (χ1) is 8.15. The summed E-state index contributed by atoms with van der Waals surface area (Å²) in [5.74, 6) is 0.807. The van der Waals surface area contributed by atoms with Gasteiger partial charge >= 0.3 is 0 Å². The van der Waals surface area contributed by atoms with Crippen LogP contribution in [-0.2, 0) is 10.0 Å². The third-order valence-electron chi connectivity index (χ3n) is 2.00. The molecular weight excluding hydrogens is 268 g/mol. The van der Waals surface area contributed by atoms with Crippen molar-refractivity contribution in [2.45, 2.75) is 43.0 Å². The van der Waals surface area contributed by atoms with Gasteiger partial charge in [-0.2, -0.15) is 0 Å². The Balaban J connectivity index is 3.26. The van der Waals surface area contributed by atoms with Gasteiger partial charge < -0.3 is 5.73 Å². The van der Waals surface area contributed by atoms with Crippen molar-refractivity contribution < 1.29 is 8.42 Å². The molecule has 0 bridgehead atoms. The Bertz CT molecular complexity index is 519. The molecule has 0 fully saturated rings. The predicted octanol–water partition coefficient (Wildman–Crippen LogP) is 2.46. The topological polar surface area (TPSA) is 72.2 Å². The highest BCUT2D eigenvalue weighted by Gasteiger charge is 2.24. The third-order valence-corrected chi connectivity index (χ3v) is 4.88. The van der Waals surface area contributed by atoms with Gasteiger partial charge in [0.1, 0.15) is 0 Å². The molecule has 1 aromatic carbocycles. The van der Waals surface area contributed by atoms with E-state index in [1.807, 2.05) is 27.7 Å². The van der Waals surface area contributed by atoms with Crippen molar-refractivity contribution in [3.8, 4) is 0 Å². The van der Waals surface area contributed by atoms with Gasteiger partial charge in [0, 0.05) is 16.1 Å². The van der Waals surface area contributed by atoms with Gasteiger partial charge in [-0.25, -0.2) is 13.1 Å². The number of nitrogens with one attached hydrogen (secondary N) is 1. The lowest BCUT2D eigenvalue weighted by Crippen LogP contribution is -2.40. The molecular formula is C12H20N2O2S2. The van der Waals surface area contributed by atoms with Crippen molar-refractivity contribution in [2.75, 3.05) is 11.5 Å². The van der Waals surface area contributed by atoms with Crippen LogP contribution in [0.2, 0.25) is 0 Å². The number of hydrogen-bond acceptors (Lipinski definition) is 4. The van der Waals surface area contributed by atoms with Crippen molar-refractivity contribution >= 4 is 27.5 Å². The zero-order chi connectivity index (χ0) is 14.0. The molecule has 0 saturated carbocycles. The van der Waals surface area contributed by atoms with Crippen LogP contribution in [0, 0.1) is 0 Å². The molecule has 0 aromatic heterocycles. The van der Waals surface area contributed by atoms with Crippen LogP contribution in [0.3, 0.4) is 0 Å². The van der Waals surface area contributed by atoms with Gasteiger partial charge in [0.15, 0.2) is 0 Å². The molecule has 0 aliphatic carbocycles. The maximum Gasteiger partial charge on any atom is 0.242 e. The Hall–Kier alpha value is -0.720. The van der Waals surface area contributed by atoms with E-state index in [2.05, 4.69) is 4.72 Å². The molecule has 6 heteroatoms. The fraction of sp³-hybridized carbons (Fsp3) is 0.500. The Morgan fingerprint density at radius 2 is 1.94 bits per heavy atom. The summed E-state index contributed by atoms with van der Waals surface area (Å²) in [7, 11) is -3.54. The van der Waals surface area contributed by atoms with E-state index in [9.17, 15) is 8.42 Å². The van der Waals surface area contributed by atoms with E-state index in [1.165, 1.54) is 17.8 Å². The van der Waals surface area contributed by atoms with Crippen molar-refractivity contribution in [3.05, 3.63) is 18.2 Å². The maximum absolute atomic E-state index is 12.3. The van der Waals surface area contributed by atoms with E-state index in [1.54, 1.807) is 12.1 Å². The van der Waals surface area contributed by atoms with Crippen LogP contribution in [-0.4, -0.2) is 19.7 Å². The molecule has 3 N–H and O–H groups in total. The van der Waals surface area contributed by atoms with Crippen LogP contribution in [0.25, 0.3) is 0 Å². The zero-order valence-corrected chi connectivity index (χ0v) is 12.8. The molecule has 0 heterocycles. The minimum atomic E-state index is -3.54. The number of rotatable bonds is 4. The van der Waals surface area contributed by atoms with Crippen LogP contribution >= 0.6 is 11.8 Å². The van der Waals surface area contributed by atoms with Crippen LogP contribution in [0.5, 0.6) is 0 Å². The average Bonchev–Trinajstić information content (AvgIpc) is 2.17. The van der Waals surface area contributed by atoms with Gasteiger partial charge in [0.25, 0.3) is 0 Å². The number of anilines is 1. The molecule has 4 nitrogen and oxygen atoms in total. The van der Waals surface area contributed by atoms with Crippen molar-refractivity contribution in [2.24, 2.45) is 0 Å². The molecule has 0 aliphatic rings. The SMILES string of the molecule is CCSc1ccc(N)cc1S(=O)(=O)NC(C)(C)C. The normalized spacial score (nSPS) is 12.7. The molecule has 0 saturated heterocycles. The average molecular weight is 288 g/mol. The molecule has 1 aromatic rings. The summed E-state index contributed by atoms with van der Waals surface area (Å²) in [6.07, 6.45) is 0. The van der Waals surface area contributed by atoms with Gasteiger partial charge in [0.2, 0.25) is 10.0 Å². The molecule has 18 heavy (non-hydrogen) atoms. The number of sulfonamides is 1. The molecule has 102 valence electrons. The second-order valence-electron chi connectivity index (χ2n) is 4.99. The zero-order valence-electron chi connectivity index (χ0n) is 11.1. The number of thioether (sulfide) groups is 1. The van der Waals surface area contributed by atoms with E-state index in [-0.39, 0.29) is 4.90 Å². The van der Waals surface area contributed by atoms with Gasteiger partial charge in [-0.1, -0.05) is 6.92 Å². The monoisotopic (exact) mass is 288 g/mol. The first kappa shape index (κ1) is 15.3. The van der Waals surface area contributed by atoms with Crippen LogP contribution < -0.4 is 10.5 Å². The van der Waals surface area contributed by atoms with E-state index in [4.69, 9.17) is 5.73 Å². The summed E-state index contributed by atoms with van der Waals surface area (Å²) in [6, 6.07) is 4.97. The Morgan fingerprint density at radius 3 is 2.44 bits per heavy atom. The Kier molecular flexibility index (Phi) is 4.69. The van der Waals surface area contributed by atoms with E-state index in [0.29, 0.717) is 5.69 Å². The number of nitrogen functional groups attached to an aromatic ring is 1. The van der Waals surface area contributed by atoms with Crippen LogP contribution in [0.1, 0.15) is 27.7 Å². The van der Waals surface area contributed by atoms with Crippen molar-refractivity contribution in [3.63, 3.8) is 0 Å². The summed E-state index contributed by atoms with van der Waals surface area (Å²) in [6.45, 7) is 7.41. The lowest BCUT2D eigenvalue weighted by Gasteiger charge is -2.21. The molecule has 0 atom stereocenters. The van der Waals surface area contributed by atoms with Gasteiger partial charge in [-0.05, 0) is 44.7 Å². The highest BCUT2D eigenvalue weighted by atomic mass is 32.2. The Morgan fingerprint density at radius 1 is 1.33 bits per heavy atom. The van der Waals surface area contributed by atoms with Gasteiger partial charge in [-0.15, -0.1) is 11.8 Å². The summed E-state index contributed by atoms with van der Waals surface area (Å²) in [5, 5.41) is 0. The third kappa shape index (κ3) is 4.19. The maximum atomic E-state index is 12.3. The number of nitrogens with two attached hydrogens (primary N) is 1. The predicted molar refractivity (Wildman–Crippen MR) is 77.3 cm³/mol. The molecule has 1 rings (SSSR count).